The predicted octanol–water partition coefficient (Wildman–Crippen LogP) is 2.09. The molecule has 0 aliphatic rings. The minimum absolute atomic E-state index is 0.105. The van der Waals surface area contributed by atoms with E-state index in [0.29, 0.717) is 11.1 Å². The van der Waals surface area contributed by atoms with Gasteiger partial charge >= 0.3 is 5.97 Å². The van der Waals surface area contributed by atoms with Crippen LogP contribution in [-0.2, 0) is 0 Å². The molecule has 76 valence electrons. The number of carboxylic acid groups (broad SMARTS) is 1. The first-order valence-electron chi connectivity index (χ1n) is 4.38. The van der Waals surface area contributed by atoms with Gasteiger partial charge in [-0.25, -0.2) is 4.79 Å². The van der Waals surface area contributed by atoms with Gasteiger partial charge in [-0.2, -0.15) is 0 Å². The molecule has 1 aromatic carbocycles. The number of aromatic amines is 1. The highest BCUT2D eigenvalue weighted by Gasteiger charge is 2.09. The summed E-state index contributed by atoms with van der Waals surface area (Å²) in [6.07, 6.45) is 1.55. The van der Waals surface area contributed by atoms with Gasteiger partial charge < -0.3 is 15.2 Å². The first-order chi connectivity index (χ1) is 7.18. The number of carbonyl (C=O) groups is 1. The monoisotopic (exact) mass is 203 g/mol. The number of hydrogen-bond donors (Lipinski definition) is 3. The molecule has 3 N–H and O–H groups in total. The molecule has 0 saturated heterocycles. The Morgan fingerprint density at radius 2 is 2.00 bits per heavy atom. The summed E-state index contributed by atoms with van der Waals surface area (Å²) in [5.41, 5.74) is 1.38. The predicted molar refractivity (Wildman–Crippen MR) is 54.9 cm³/mol. The third-order valence-electron chi connectivity index (χ3n) is 2.13. The number of rotatable bonds is 2. The fraction of sp³-hybridized carbons (Fsp3) is 0. The van der Waals surface area contributed by atoms with Crippen LogP contribution in [0.2, 0.25) is 0 Å². The second kappa shape index (κ2) is 3.49. The van der Waals surface area contributed by atoms with Gasteiger partial charge in [-0.15, -0.1) is 0 Å². The van der Waals surface area contributed by atoms with Crippen molar-refractivity contribution in [2.45, 2.75) is 0 Å². The smallest absolute Gasteiger partial charge is 0.352 e. The van der Waals surface area contributed by atoms with Crippen LogP contribution in [0, 0.1) is 0 Å². The Morgan fingerprint density at radius 1 is 1.27 bits per heavy atom. The van der Waals surface area contributed by atoms with Crippen LogP contribution >= 0.6 is 0 Å². The van der Waals surface area contributed by atoms with E-state index < -0.39 is 5.97 Å². The number of aromatic carboxylic acids is 1. The van der Waals surface area contributed by atoms with Crippen LogP contribution in [-0.4, -0.2) is 21.2 Å². The molecule has 15 heavy (non-hydrogen) atoms. The largest absolute Gasteiger partial charge is 0.507 e. The first-order valence-corrected chi connectivity index (χ1v) is 4.38. The third-order valence-corrected chi connectivity index (χ3v) is 2.13. The van der Waals surface area contributed by atoms with Gasteiger partial charge in [0.05, 0.1) is 0 Å². The Labute approximate surface area is 85.8 Å². The Kier molecular flexibility index (Phi) is 2.17. The number of H-pyrrole nitrogens is 1. The Bertz CT molecular complexity index is 502. The fourth-order valence-electron chi connectivity index (χ4n) is 1.39. The van der Waals surface area contributed by atoms with Crippen molar-refractivity contribution >= 4 is 5.97 Å². The van der Waals surface area contributed by atoms with E-state index in [1.165, 1.54) is 6.07 Å². The molecular formula is C11H9NO3. The van der Waals surface area contributed by atoms with Crippen LogP contribution in [0.25, 0.3) is 11.1 Å². The zero-order valence-electron chi connectivity index (χ0n) is 7.77. The normalized spacial score (nSPS) is 10.1. The van der Waals surface area contributed by atoms with Crippen LogP contribution in [0.1, 0.15) is 10.5 Å². The van der Waals surface area contributed by atoms with Crippen molar-refractivity contribution in [2.24, 2.45) is 0 Å². The number of carboxylic acids is 1. The van der Waals surface area contributed by atoms with Crippen molar-refractivity contribution in [3.63, 3.8) is 0 Å². The second-order valence-electron chi connectivity index (χ2n) is 3.12. The topological polar surface area (TPSA) is 73.3 Å². The number of benzene rings is 1. The lowest BCUT2D eigenvalue weighted by atomic mass is 10.1. The number of phenols is 1. The van der Waals surface area contributed by atoms with E-state index in [1.54, 1.807) is 30.5 Å². The zero-order valence-corrected chi connectivity index (χ0v) is 7.77. The number of aromatic hydroxyl groups is 1. The van der Waals surface area contributed by atoms with Crippen LogP contribution in [0.15, 0.2) is 36.5 Å². The van der Waals surface area contributed by atoms with Crippen LogP contribution in [0.4, 0.5) is 0 Å². The first kappa shape index (κ1) is 9.33. The molecule has 0 spiro atoms. The second-order valence-corrected chi connectivity index (χ2v) is 3.12. The molecule has 0 unspecified atom stereocenters. The molecule has 1 aromatic heterocycles. The highest BCUT2D eigenvalue weighted by Crippen LogP contribution is 2.28. The Hall–Kier alpha value is -2.23. The summed E-state index contributed by atoms with van der Waals surface area (Å²) >= 11 is 0. The lowest BCUT2D eigenvalue weighted by Crippen LogP contribution is -1.94. The van der Waals surface area contributed by atoms with Crippen molar-refractivity contribution < 1.29 is 15.0 Å². The number of phenolic OH excluding ortho intramolecular Hbond substituents is 1. The quantitative estimate of drug-likeness (QED) is 0.699. The molecule has 0 bridgehead atoms. The summed E-state index contributed by atoms with van der Waals surface area (Å²) in [4.78, 5) is 13.3. The van der Waals surface area contributed by atoms with Crippen molar-refractivity contribution in [3.8, 4) is 16.9 Å². The molecule has 0 saturated carbocycles. The Morgan fingerprint density at radius 3 is 2.60 bits per heavy atom. The minimum Gasteiger partial charge on any atom is -0.507 e. The lowest BCUT2D eigenvalue weighted by Gasteiger charge is -1.99. The molecule has 4 heteroatoms. The SMILES string of the molecule is O=C(O)c1cc(-c2ccccc2O)c[nH]1. The lowest BCUT2D eigenvalue weighted by molar-refractivity contribution is 0.0691. The van der Waals surface area contributed by atoms with Gasteiger partial charge in [-0.3, -0.25) is 0 Å². The van der Waals surface area contributed by atoms with Crippen molar-refractivity contribution in [3.05, 3.63) is 42.2 Å². The highest BCUT2D eigenvalue weighted by molar-refractivity contribution is 5.88. The van der Waals surface area contributed by atoms with Gasteiger partial charge in [0.15, 0.2) is 0 Å². The summed E-state index contributed by atoms with van der Waals surface area (Å²) in [7, 11) is 0. The van der Waals surface area contributed by atoms with Gasteiger partial charge in [-0.1, -0.05) is 18.2 Å². The molecule has 0 amide bonds. The van der Waals surface area contributed by atoms with Crippen molar-refractivity contribution in [2.75, 3.05) is 0 Å². The standard InChI is InChI=1S/C11H9NO3/c13-10-4-2-1-3-8(10)7-5-9(11(14)15)12-6-7/h1-6,12-13H,(H,14,15). The van der Waals surface area contributed by atoms with Gasteiger partial charge in [-0.05, 0) is 12.1 Å². The fourth-order valence-corrected chi connectivity index (χ4v) is 1.39. The highest BCUT2D eigenvalue weighted by atomic mass is 16.4. The number of hydrogen-bond acceptors (Lipinski definition) is 2. The maximum Gasteiger partial charge on any atom is 0.352 e. The van der Waals surface area contributed by atoms with Gasteiger partial charge in [0, 0.05) is 17.3 Å². The van der Waals surface area contributed by atoms with E-state index >= 15 is 0 Å². The maximum absolute atomic E-state index is 10.6. The van der Waals surface area contributed by atoms with E-state index in [-0.39, 0.29) is 11.4 Å². The molecule has 0 radical (unpaired) electrons. The Balaban J connectivity index is 2.46. The van der Waals surface area contributed by atoms with Crippen molar-refractivity contribution in [1.29, 1.82) is 0 Å². The van der Waals surface area contributed by atoms with Crippen LogP contribution in [0.3, 0.4) is 0 Å². The molecule has 1 heterocycles. The number of para-hydroxylation sites is 1. The van der Waals surface area contributed by atoms with Gasteiger partial charge in [0.1, 0.15) is 11.4 Å². The molecule has 0 aliphatic heterocycles. The average Bonchev–Trinajstić information content (AvgIpc) is 2.67. The molecule has 2 rings (SSSR count). The number of aromatic nitrogens is 1. The van der Waals surface area contributed by atoms with Gasteiger partial charge in [0.2, 0.25) is 0 Å². The summed E-state index contributed by atoms with van der Waals surface area (Å²) in [5, 5.41) is 18.3. The van der Waals surface area contributed by atoms with Crippen molar-refractivity contribution in [1.82, 2.24) is 4.98 Å². The minimum atomic E-state index is -1.02. The van der Waals surface area contributed by atoms with E-state index in [0.717, 1.165) is 0 Å². The molecule has 0 aliphatic carbocycles. The van der Waals surface area contributed by atoms with E-state index in [4.69, 9.17) is 5.11 Å². The summed E-state index contributed by atoms with van der Waals surface area (Å²) < 4.78 is 0. The van der Waals surface area contributed by atoms with Gasteiger partial charge in [0.25, 0.3) is 0 Å². The van der Waals surface area contributed by atoms with E-state index in [2.05, 4.69) is 4.98 Å². The summed E-state index contributed by atoms with van der Waals surface area (Å²) in [6, 6.07) is 8.26. The van der Waals surface area contributed by atoms with E-state index in [9.17, 15) is 9.90 Å². The molecule has 0 fully saturated rings. The number of nitrogens with one attached hydrogen (secondary N) is 1. The molecule has 4 nitrogen and oxygen atoms in total. The molecule has 0 atom stereocenters. The molecular weight excluding hydrogens is 194 g/mol. The zero-order chi connectivity index (χ0) is 10.8. The van der Waals surface area contributed by atoms with E-state index in [1.807, 2.05) is 0 Å². The summed E-state index contributed by atoms with van der Waals surface area (Å²) in [6.45, 7) is 0. The third kappa shape index (κ3) is 1.69. The summed E-state index contributed by atoms with van der Waals surface area (Å²) in [5.74, 6) is -0.884. The molecule has 2 aromatic rings. The maximum atomic E-state index is 10.6. The van der Waals surface area contributed by atoms with Crippen LogP contribution < -0.4 is 0 Å². The average molecular weight is 203 g/mol. The van der Waals surface area contributed by atoms with Crippen LogP contribution in [0.5, 0.6) is 5.75 Å².